The number of rotatable bonds is 3. The van der Waals surface area contributed by atoms with E-state index in [1.807, 2.05) is 9.80 Å². The first-order valence-corrected chi connectivity index (χ1v) is 11.1. The van der Waals surface area contributed by atoms with Gasteiger partial charge in [-0.25, -0.2) is 14.4 Å². The van der Waals surface area contributed by atoms with Gasteiger partial charge in [-0.3, -0.25) is 4.79 Å². The van der Waals surface area contributed by atoms with Gasteiger partial charge in [-0.2, -0.15) is 13.2 Å². The van der Waals surface area contributed by atoms with Crippen LogP contribution in [0.25, 0.3) is 0 Å². The molecular weight excluding hydrogens is 448 g/mol. The number of nitrogens with zero attached hydrogens (tertiary/aromatic N) is 4. The summed E-state index contributed by atoms with van der Waals surface area (Å²) in [6.07, 6.45) is -2.18. The molecule has 1 aliphatic carbocycles. The molecule has 2 aliphatic rings. The van der Waals surface area contributed by atoms with Crippen molar-refractivity contribution in [1.29, 1.82) is 0 Å². The van der Waals surface area contributed by atoms with Gasteiger partial charge in [0, 0.05) is 44.5 Å². The Kier molecular flexibility index (Phi) is 5.71. The molecule has 1 aliphatic heterocycles. The van der Waals surface area contributed by atoms with Crippen LogP contribution >= 0.6 is 0 Å². The fourth-order valence-electron chi connectivity index (χ4n) is 4.66. The molecule has 1 aromatic heterocycles. The molecule has 3 aromatic rings. The molecule has 1 atom stereocenters. The lowest BCUT2D eigenvalue weighted by Gasteiger charge is -2.36. The van der Waals surface area contributed by atoms with Crippen molar-refractivity contribution in [2.45, 2.75) is 24.9 Å². The van der Waals surface area contributed by atoms with Gasteiger partial charge in [0.1, 0.15) is 5.82 Å². The smallest absolute Gasteiger partial charge is 0.368 e. The van der Waals surface area contributed by atoms with E-state index < -0.39 is 11.7 Å². The summed E-state index contributed by atoms with van der Waals surface area (Å²) >= 11 is 0. The van der Waals surface area contributed by atoms with E-state index >= 15 is 0 Å². The maximum Gasteiger partial charge on any atom is 0.416 e. The molecular formula is C25H22F4N4O. The number of fused-ring (bicyclic) bond motifs is 1. The van der Waals surface area contributed by atoms with E-state index in [0.717, 1.165) is 6.07 Å². The fourth-order valence-corrected chi connectivity index (χ4v) is 4.66. The minimum atomic E-state index is -4.38. The quantitative estimate of drug-likeness (QED) is 0.511. The van der Waals surface area contributed by atoms with Crippen LogP contribution in [0.3, 0.4) is 0 Å². The van der Waals surface area contributed by atoms with E-state index in [2.05, 4.69) is 9.97 Å². The third-order valence-electron chi connectivity index (χ3n) is 6.47. The van der Waals surface area contributed by atoms with Gasteiger partial charge in [-0.1, -0.05) is 24.3 Å². The number of carbonyl (C=O) groups is 1. The largest absolute Gasteiger partial charge is 0.416 e. The first-order chi connectivity index (χ1) is 16.3. The van der Waals surface area contributed by atoms with Crippen molar-refractivity contribution in [2.24, 2.45) is 0 Å². The normalized spacial score (nSPS) is 18.7. The van der Waals surface area contributed by atoms with Crippen LogP contribution in [-0.4, -0.2) is 41.9 Å². The molecule has 0 unspecified atom stereocenters. The number of halogens is 4. The summed E-state index contributed by atoms with van der Waals surface area (Å²) in [6, 6.07) is 11.8. The zero-order valence-corrected chi connectivity index (χ0v) is 18.2. The predicted molar refractivity (Wildman–Crippen MR) is 120 cm³/mol. The molecule has 0 N–H and O–H groups in total. The molecule has 0 radical (unpaired) electrons. The molecule has 0 bridgehead atoms. The Morgan fingerprint density at radius 1 is 0.912 bits per heavy atom. The van der Waals surface area contributed by atoms with Crippen molar-refractivity contribution >= 4 is 17.4 Å². The summed E-state index contributed by atoms with van der Waals surface area (Å²) in [5.41, 5.74) is 1.45. The highest BCUT2D eigenvalue weighted by molar-refractivity contribution is 5.98. The van der Waals surface area contributed by atoms with Crippen LogP contribution in [0, 0.1) is 5.82 Å². The van der Waals surface area contributed by atoms with Gasteiger partial charge < -0.3 is 9.80 Å². The number of aromatic nitrogens is 2. The Morgan fingerprint density at radius 3 is 2.38 bits per heavy atom. The Hall–Kier alpha value is -3.49. The fraction of sp³-hybridized carbons (Fsp3) is 0.320. The number of anilines is 2. The molecule has 5 rings (SSSR count). The number of Topliss-reactive ketones (excluding diaryl/α,β-unsaturated/α-hetero) is 1. The molecule has 0 amide bonds. The highest BCUT2D eigenvalue weighted by atomic mass is 19.4. The molecule has 2 aromatic carbocycles. The number of hydrogen-bond acceptors (Lipinski definition) is 5. The zero-order valence-electron chi connectivity index (χ0n) is 18.2. The van der Waals surface area contributed by atoms with Crippen molar-refractivity contribution in [1.82, 2.24) is 9.97 Å². The van der Waals surface area contributed by atoms with E-state index in [9.17, 15) is 22.4 Å². The van der Waals surface area contributed by atoms with Crippen molar-refractivity contribution in [3.8, 4) is 0 Å². The van der Waals surface area contributed by atoms with E-state index in [4.69, 9.17) is 0 Å². The number of alkyl halides is 3. The second-order valence-corrected chi connectivity index (χ2v) is 8.60. The third kappa shape index (κ3) is 4.34. The number of piperazine rings is 1. The number of hydrogen-bond donors (Lipinski definition) is 0. The van der Waals surface area contributed by atoms with Gasteiger partial charge in [-0.15, -0.1) is 0 Å². The maximum atomic E-state index is 14.3. The summed E-state index contributed by atoms with van der Waals surface area (Å²) in [6.45, 7) is 2.08. The van der Waals surface area contributed by atoms with Crippen molar-refractivity contribution < 1.29 is 22.4 Å². The summed E-state index contributed by atoms with van der Waals surface area (Å²) in [7, 11) is 0. The van der Waals surface area contributed by atoms with Gasteiger partial charge in [0.15, 0.2) is 5.78 Å². The molecule has 1 saturated heterocycles. The Balaban J connectivity index is 1.31. The number of benzene rings is 2. The van der Waals surface area contributed by atoms with Gasteiger partial charge in [0.25, 0.3) is 0 Å². The highest BCUT2D eigenvalue weighted by Gasteiger charge is 2.32. The number of carbonyl (C=O) groups excluding carboxylic acids is 1. The topological polar surface area (TPSA) is 49.3 Å². The number of ketones is 1. The first-order valence-electron chi connectivity index (χ1n) is 11.1. The van der Waals surface area contributed by atoms with Crippen LogP contribution in [0.4, 0.5) is 29.2 Å². The Bertz CT molecular complexity index is 1220. The molecule has 5 nitrogen and oxygen atoms in total. The molecule has 9 heteroatoms. The van der Waals surface area contributed by atoms with Crippen LogP contribution in [0.1, 0.15) is 39.5 Å². The predicted octanol–water partition coefficient (Wildman–Crippen LogP) is 4.87. The second kappa shape index (κ2) is 8.70. The van der Waals surface area contributed by atoms with Crippen molar-refractivity contribution in [2.75, 3.05) is 36.0 Å². The summed E-state index contributed by atoms with van der Waals surface area (Å²) < 4.78 is 53.5. The second-order valence-electron chi connectivity index (χ2n) is 8.60. The molecule has 2 heterocycles. The highest BCUT2D eigenvalue weighted by Crippen LogP contribution is 2.34. The SMILES string of the molecule is O=C1C[C@H](c2ccccc2F)Cc2nc(N3CCN(c4cccc(C(F)(F)F)c4)CC3)ncc21. The Labute approximate surface area is 194 Å². The summed E-state index contributed by atoms with van der Waals surface area (Å²) in [5.74, 6) is -0.231. The van der Waals surface area contributed by atoms with Gasteiger partial charge in [0.05, 0.1) is 16.8 Å². The molecule has 1 fully saturated rings. The van der Waals surface area contributed by atoms with E-state index in [0.29, 0.717) is 61.1 Å². The van der Waals surface area contributed by atoms with E-state index in [1.54, 1.807) is 24.3 Å². The van der Waals surface area contributed by atoms with Crippen LogP contribution in [0.15, 0.2) is 54.7 Å². The summed E-state index contributed by atoms with van der Waals surface area (Å²) in [5, 5.41) is 0. The van der Waals surface area contributed by atoms with Crippen molar-refractivity contribution in [3.63, 3.8) is 0 Å². The minimum absolute atomic E-state index is 0.101. The monoisotopic (exact) mass is 470 g/mol. The van der Waals surface area contributed by atoms with Gasteiger partial charge in [0.2, 0.25) is 5.95 Å². The lowest BCUT2D eigenvalue weighted by Crippen LogP contribution is -2.47. The molecule has 176 valence electrons. The lowest BCUT2D eigenvalue weighted by molar-refractivity contribution is -0.137. The minimum Gasteiger partial charge on any atom is -0.368 e. The van der Waals surface area contributed by atoms with Gasteiger partial charge >= 0.3 is 6.18 Å². The van der Waals surface area contributed by atoms with Crippen LogP contribution in [0.5, 0.6) is 0 Å². The zero-order chi connectivity index (χ0) is 23.9. The summed E-state index contributed by atoms with van der Waals surface area (Å²) in [4.78, 5) is 25.5. The lowest BCUT2D eigenvalue weighted by atomic mass is 9.82. The van der Waals surface area contributed by atoms with Crippen LogP contribution < -0.4 is 9.80 Å². The van der Waals surface area contributed by atoms with Gasteiger partial charge in [-0.05, 0) is 42.2 Å². The standard InChI is InChI=1S/C25H22F4N4O/c26-21-7-2-1-6-19(21)16-12-22-20(23(34)13-16)15-30-24(31-22)33-10-8-32(9-11-33)18-5-3-4-17(14-18)25(27,28)29/h1-7,14-16H,8-13H2/t16-/m1/s1. The van der Waals surface area contributed by atoms with E-state index in [-0.39, 0.29) is 23.9 Å². The maximum absolute atomic E-state index is 14.3. The van der Waals surface area contributed by atoms with Crippen molar-refractivity contribution in [3.05, 3.63) is 82.9 Å². The molecule has 34 heavy (non-hydrogen) atoms. The van der Waals surface area contributed by atoms with Crippen LogP contribution in [0.2, 0.25) is 0 Å². The first kappa shape index (κ1) is 22.3. The van der Waals surface area contributed by atoms with E-state index in [1.165, 1.54) is 24.4 Å². The average molecular weight is 470 g/mol. The molecule has 0 spiro atoms. The third-order valence-corrected chi connectivity index (χ3v) is 6.47. The molecule has 0 saturated carbocycles. The average Bonchev–Trinajstić information content (AvgIpc) is 2.83. The Morgan fingerprint density at radius 2 is 1.65 bits per heavy atom. The van der Waals surface area contributed by atoms with Crippen LogP contribution in [-0.2, 0) is 12.6 Å².